The van der Waals surface area contributed by atoms with Gasteiger partial charge in [-0.25, -0.2) is 0 Å². The van der Waals surface area contributed by atoms with Gasteiger partial charge < -0.3 is 14.5 Å². The Morgan fingerprint density at radius 2 is 2.15 bits per heavy atom. The summed E-state index contributed by atoms with van der Waals surface area (Å²) in [4.78, 5) is 0. The van der Waals surface area contributed by atoms with E-state index in [4.69, 9.17) is 20.8 Å². The molecule has 0 saturated heterocycles. The van der Waals surface area contributed by atoms with Crippen molar-refractivity contribution in [2.75, 3.05) is 13.7 Å². The second kappa shape index (κ2) is 6.82. The van der Waals surface area contributed by atoms with E-state index < -0.39 is 0 Å². The number of methoxy groups -OCH3 is 1. The summed E-state index contributed by atoms with van der Waals surface area (Å²) in [5, 5.41) is 4.17. The molecule has 20 heavy (non-hydrogen) atoms. The largest absolute Gasteiger partial charge is 0.496 e. The van der Waals surface area contributed by atoms with Crippen LogP contribution >= 0.6 is 11.6 Å². The number of hydrogen-bond donors (Lipinski definition) is 1. The zero-order chi connectivity index (χ0) is 14.5. The summed E-state index contributed by atoms with van der Waals surface area (Å²) in [6, 6.07) is 7.78. The summed E-state index contributed by atoms with van der Waals surface area (Å²) in [6.45, 7) is 5.01. The van der Waals surface area contributed by atoms with Gasteiger partial charge in [-0.05, 0) is 55.3 Å². The van der Waals surface area contributed by atoms with Crippen LogP contribution in [0, 0.1) is 6.92 Å². The van der Waals surface area contributed by atoms with Gasteiger partial charge in [0.25, 0.3) is 0 Å². The van der Waals surface area contributed by atoms with Crippen LogP contribution in [-0.2, 0) is 6.42 Å². The number of aryl methyl sites for hydroxylation is 1. The lowest BCUT2D eigenvalue weighted by atomic mass is 10.0. The maximum Gasteiger partial charge on any atom is 0.123 e. The molecule has 108 valence electrons. The van der Waals surface area contributed by atoms with Gasteiger partial charge in [0, 0.05) is 5.02 Å². The highest BCUT2D eigenvalue weighted by Gasteiger charge is 2.18. The van der Waals surface area contributed by atoms with E-state index in [1.165, 1.54) is 0 Å². The Balaban J connectivity index is 2.29. The standard InChI is InChI=1S/C16H20ClNO2/c1-4-18-14(16-11(2)7-8-20-16)10-12-9-13(17)5-6-15(12)19-3/h5-9,14,18H,4,10H2,1-3H3. The minimum Gasteiger partial charge on any atom is -0.496 e. The van der Waals surface area contributed by atoms with E-state index >= 15 is 0 Å². The highest BCUT2D eigenvalue weighted by molar-refractivity contribution is 6.30. The van der Waals surface area contributed by atoms with E-state index in [1.54, 1.807) is 13.4 Å². The van der Waals surface area contributed by atoms with Gasteiger partial charge in [-0.1, -0.05) is 18.5 Å². The summed E-state index contributed by atoms with van der Waals surface area (Å²) in [7, 11) is 1.67. The summed E-state index contributed by atoms with van der Waals surface area (Å²) >= 11 is 6.09. The average molecular weight is 294 g/mol. The van der Waals surface area contributed by atoms with Crippen LogP contribution in [0.4, 0.5) is 0 Å². The molecule has 1 aromatic carbocycles. The fourth-order valence-electron chi connectivity index (χ4n) is 2.37. The number of benzene rings is 1. The molecule has 1 atom stereocenters. The Morgan fingerprint density at radius 3 is 2.75 bits per heavy atom. The summed E-state index contributed by atoms with van der Waals surface area (Å²) in [6.07, 6.45) is 2.50. The quantitative estimate of drug-likeness (QED) is 0.869. The number of likely N-dealkylation sites (N-methyl/N-ethyl adjacent to an activating group) is 1. The monoisotopic (exact) mass is 293 g/mol. The molecule has 1 heterocycles. The van der Waals surface area contributed by atoms with Crippen LogP contribution in [0.2, 0.25) is 5.02 Å². The van der Waals surface area contributed by atoms with Crippen molar-refractivity contribution in [3.8, 4) is 5.75 Å². The second-order valence-corrected chi connectivity index (χ2v) is 5.17. The molecule has 0 aliphatic heterocycles. The van der Waals surface area contributed by atoms with Gasteiger partial charge in [0.15, 0.2) is 0 Å². The molecule has 0 spiro atoms. The highest BCUT2D eigenvalue weighted by Crippen LogP contribution is 2.29. The molecule has 0 amide bonds. The number of halogens is 1. The maximum absolute atomic E-state index is 6.09. The molecule has 1 unspecified atom stereocenters. The van der Waals surface area contributed by atoms with Crippen LogP contribution in [-0.4, -0.2) is 13.7 Å². The fourth-order valence-corrected chi connectivity index (χ4v) is 2.57. The molecule has 0 bridgehead atoms. The smallest absolute Gasteiger partial charge is 0.123 e. The van der Waals surface area contributed by atoms with Crippen molar-refractivity contribution in [1.29, 1.82) is 0 Å². The molecule has 2 rings (SSSR count). The molecule has 1 N–H and O–H groups in total. The van der Waals surface area contributed by atoms with Gasteiger partial charge in [0.2, 0.25) is 0 Å². The first-order valence-electron chi connectivity index (χ1n) is 6.75. The Hall–Kier alpha value is -1.45. The van der Waals surface area contributed by atoms with E-state index in [1.807, 2.05) is 24.3 Å². The molecule has 2 aromatic rings. The molecular weight excluding hydrogens is 274 g/mol. The topological polar surface area (TPSA) is 34.4 Å². The van der Waals surface area contributed by atoms with Gasteiger partial charge in [0.05, 0.1) is 19.4 Å². The van der Waals surface area contributed by atoms with Crippen molar-refractivity contribution in [1.82, 2.24) is 5.32 Å². The number of nitrogens with one attached hydrogen (secondary N) is 1. The lowest BCUT2D eigenvalue weighted by molar-refractivity contribution is 0.391. The van der Waals surface area contributed by atoms with Crippen molar-refractivity contribution in [3.63, 3.8) is 0 Å². The molecule has 0 aliphatic carbocycles. The SMILES string of the molecule is CCNC(Cc1cc(Cl)ccc1OC)c1occc1C. The number of furan rings is 1. The van der Waals surface area contributed by atoms with Crippen molar-refractivity contribution in [3.05, 3.63) is 52.4 Å². The van der Waals surface area contributed by atoms with Gasteiger partial charge in [-0.3, -0.25) is 0 Å². The minimum absolute atomic E-state index is 0.113. The van der Waals surface area contributed by atoms with Crippen LogP contribution in [0.1, 0.15) is 29.9 Å². The third-order valence-electron chi connectivity index (χ3n) is 3.34. The fraction of sp³-hybridized carbons (Fsp3) is 0.375. The zero-order valence-corrected chi connectivity index (χ0v) is 12.8. The number of ether oxygens (including phenoxy) is 1. The van der Waals surface area contributed by atoms with Gasteiger partial charge in [-0.15, -0.1) is 0 Å². The maximum atomic E-state index is 6.09. The Bertz CT molecular complexity index is 565. The molecular formula is C16H20ClNO2. The molecule has 0 fully saturated rings. The van der Waals surface area contributed by atoms with Crippen molar-refractivity contribution in [2.24, 2.45) is 0 Å². The second-order valence-electron chi connectivity index (χ2n) is 4.74. The summed E-state index contributed by atoms with van der Waals surface area (Å²) < 4.78 is 11.0. The van der Waals surface area contributed by atoms with E-state index in [0.717, 1.165) is 35.6 Å². The lowest BCUT2D eigenvalue weighted by Gasteiger charge is -2.18. The van der Waals surface area contributed by atoms with E-state index in [9.17, 15) is 0 Å². The Labute approximate surface area is 124 Å². The van der Waals surface area contributed by atoms with E-state index in [0.29, 0.717) is 5.02 Å². The van der Waals surface area contributed by atoms with Crippen molar-refractivity contribution in [2.45, 2.75) is 26.3 Å². The first kappa shape index (κ1) is 14.9. The van der Waals surface area contributed by atoms with Gasteiger partial charge in [-0.2, -0.15) is 0 Å². The Kier molecular flexibility index (Phi) is 5.10. The van der Waals surface area contributed by atoms with E-state index in [-0.39, 0.29) is 6.04 Å². The lowest BCUT2D eigenvalue weighted by Crippen LogP contribution is -2.23. The third-order valence-corrected chi connectivity index (χ3v) is 3.57. The molecule has 1 aromatic heterocycles. The predicted octanol–water partition coefficient (Wildman–Crippen LogP) is 4.14. The highest BCUT2D eigenvalue weighted by atomic mass is 35.5. The molecule has 0 saturated carbocycles. The van der Waals surface area contributed by atoms with Crippen LogP contribution in [0.15, 0.2) is 34.9 Å². The number of hydrogen-bond acceptors (Lipinski definition) is 3. The molecule has 4 heteroatoms. The van der Waals surface area contributed by atoms with Crippen molar-refractivity contribution >= 4 is 11.6 Å². The van der Waals surface area contributed by atoms with Gasteiger partial charge >= 0.3 is 0 Å². The Morgan fingerprint density at radius 1 is 1.35 bits per heavy atom. The normalized spacial score (nSPS) is 12.4. The minimum atomic E-state index is 0.113. The third kappa shape index (κ3) is 3.35. The number of rotatable bonds is 6. The van der Waals surface area contributed by atoms with Crippen LogP contribution in [0.25, 0.3) is 0 Å². The first-order valence-corrected chi connectivity index (χ1v) is 7.13. The van der Waals surface area contributed by atoms with Crippen LogP contribution < -0.4 is 10.1 Å². The first-order chi connectivity index (χ1) is 9.65. The summed E-state index contributed by atoms with van der Waals surface area (Å²) in [5.41, 5.74) is 2.22. The van der Waals surface area contributed by atoms with Crippen molar-refractivity contribution < 1.29 is 9.15 Å². The van der Waals surface area contributed by atoms with Gasteiger partial charge in [0.1, 0.15) is 11.5 Å². The molecule has 3 nitrogen and oxygen atoms in total. The summed E-state index contributed by atoms with van der Waals surface area (Å²) in [5.74, 6) is 1.82. The zero-order valence-electron chi connectivity index (χ0n) is 12.1. The van der Waals surface area contributed by atoms with Crippen LogP contribution in [0.5, 0.6) is 5.75 Å². The molecule has 0 aliphatic rings. The van der Waals surface area contributed by atoms with Crippen LogP contribution in [0.3, 0.4) is 0 Å². The predicted molar refractivity (Wildman–Crippen MR) is 81.6 cm³/mol. The average Bonchev–Trinajstić information content (AvgIpc) is 2.85. The van der Waals surface area contributed by atoms with E-state index in [2.05, 4.69) is 19.2 Å². The molecule has 0 radical (unpaired) electrons.